The Labute approximate surface area is 165 Å². The first-order valence-corrected chi connectivity index (χ1v) is 11.6. The molecule has 0 radical (unpaired) electrons. The maximum absolute atomic E-state index is 13.4. The molecule has 1 aromatic carbocycles. The third-order valence-corrected chi connectivity index (χ3v) is 6.40. The summed E-state index contributed by atoms with van der Waals surface area (Å²) in [4.78, 5) is 11.3. The number of ether oxygens (including phenoxy) is 1. The molecule has 6 nitrogen and oxygen atoms in total. The Balaban J connectivity index is 1.77. The van der Waals surface area contributed by atoms with Crippen LogP contribution < -0.4 is 15.4 Å². The summed E-state index contributed by atoms with van der Waals surface area (Å²) in [6.07, 6.45) is -1.94. The molecule has 0 unspecified atom stereocenters. The first kappa shape index (κ1) is 19.8. The van der Waals surface area contributed by atoms with E-state index >= 15 is 0 Å². The maximum atomic E-state index is 13.4. The monoisotopic (exact) mass is 424 g/mol. The van der Waals surface area contributed by atoms with Crippen molar-refractivity contribution >= 4 is 35.1 Å². The molecular weight excluding hydrogens is 404 g/mol. The lowest BCUT2D eigenvalue weighted by Gasteiger charge is -2.15. The zero-order chi connectivity index (χ0) is 21.0. The van der Waals surface area contributed by atoms with Gasteiger partial charge in [-0.3, -0.25) is 0 Å². The van der Waals surface area contributed by atoms with Crippen molar-refractivity contribution in [3.05, 3.63) is 35.7 Å². The number of aromatic nitrogens is 3. The number of methoxy groups -OCH3 is 1. The van der Waals surface area contributed by atoms with E-state index in [9.17, 15) is 17.7 Å². The van der Waals surface area contributed by atoms with E-state index in [0.717, 1.165) is 19.0 Å². The molecule has 0 atom stereocenters. The van der Waals surface area contributed by atoms with Gasteiger partial charge in [0.05, 0.1) is 29.4 Å². The summed E-state index contributed by atoms with van der Waals surface area (Å²) >= 11 is 0. The Bertz CT molecular complexity index is 1130. The maximum Gasteiger partial charge on any atom is 0.418 e. The van der Waals surface area contributed by atoms with Gasteiger partial charge < -0.3 is 19.6 Å². The van der Waals surface area contributed by atoms with Crippen molar-refractivity contribution in [3.8, 4) is 5.75 Å². The van der Waals surface area contributed by atoms with Gasteiger partial charge in [0.1, 0.15) is 18.5 Å². The minimum atomic E-state index is -4.48. The first-order chi connectivity index (χ1) is 13.6. The van der Waals surface area contributed by atoms with Crippen LogP contribution in [0, 0.1) is 0 Å². The van der Waals surface area contributed by atoms with Crippen molar-refractivity contribution in [1.82, 2.24) is 15.0 Å². The van der Waals surface area contributed by atoms with Gasteiger partial charge in [-0.05, 0) is 44.4 Å². The fourth-order valence-electron chi connectivity index (χ4n) is 3.23. The molecule has 4 rings (SSSR count). The topological polar surface area (TPSA) is 79.9 Å². The Morgan fingerprint density at radius 3 is 2.55 bits per heavy atom. The smallest absolute Gasteiger partial charge is 0.418 e. The number of fused-ring (bicyclic) bond motifs is 1. The van der Waals surface area contributed by atoms with Crippen LogP contribution in [0.2, 0.25) is 0 Å². The van der Waals surface area contributed by atoms with Gasteiger partial charge in [0.2, 0.25) is 5.95 Å². The summed E-state index contributed by atoms with van der Waals surface area (Å²) in [5.41, 5.74) is 0.324. The average molecular weight is 424 g/mol. The highest BCUT2D eigenvalue weighted by molar-refractivity contribution is 7.70. The van der Waals surface area contributed by atoms with Gasteiger partial charge in [-0.1, -0.05) is 0 Å². The van der Waals surface area contributed by atoms with Gasteiger partial charge in [0, 0.05) is 17.4 Å². The Morgan fingerprint density at radius 2 is 1.97 bits per heavy atom. The van der Waals surface area contributed by atoms with E-state index in [0.29, 0.717) is 22.4 Å². The lowest BCUT2D eigenvalue weighted by Crippen LogP contribution is -2.08. The number of nitrogens with zero attached hydrogens (tertiary/aromatic N) is 2. The van der Waals surface area contributed by atoms with E-state index < -0.39 is 18.9 Å². The van der Waals surface area contributed by atoms with Gasteiger partial charge in [-0.25, -0.2) is 4.98 Å². The Kier molecular flexibility index (Phi) is 4.61. The Hall–Kier alpha value is -2.54. The van der Waals surface area contributed by atoms with Crippen LogP contribution in [0.1, 0.15) is 30.0 Å². The van der Waals surface area contributed by atoms with Crippen LogP contribution in [-0.2, 0) is 10.7 Å². The molecule has 0 amide bonds. The lowest BCUT2D eigenvalue weighted by molar-refractivity contribution is -0.136. The van der Waals surface area contributed by atoms with Crippen molar-refractivity contribution in [2.75, 3.05) is 25.8 Å². The molecule has 0 aliphatic heterocycles. The predicted octanol–water partition coefficient (Wildman–Crippen LogP) is 4.85. The van der Waals surface area contributed by atoms with Crippen LogP contribution in [0.15, 0.2) is 24.4 Å². The second-order valence-corrected chi connectivity index (χ2v) is 10.7. The van der Waals surface area contributed by atoms with Crippen LogP contribution in [-0.4, -0.2) is 35.4 Å². The van der Waals surface area contributed by atoms with Gasteiger partial charge in [-0.15, -0.1) is 0 Å². The number of hydrogen-bond acceptors (Lipinski definition) is 5. The van der Waals surface area contributed by atoms with E-state index in [1.807, 2.05) is 0 Å². The van der Waals surface area contributed by atoms with Crippen molar-refractivity contribution in [1.29, 1.82) is 0 Å². The summed E-state index contributed by atoms with van der Waals surface area (Å²) in [6, 6.07) is 5.11. The molecule has 2 aromatic heterocycles. The quantitative estimate of drug-likeness (QED) is 0.572. The molecule has 1 aliphatic rings. The SMILES string of the molecule is COc1cc(P(C)(C)=O)ccc1Nc1nc(C2CC2)c2c(C(F)(F)F)c[nH]c2n1. The van der Waals surface area contributed by atoms with E-state index in [4.69, 9.17) is 4.74 Å². The molecule has 0 bridgehead atoms. The third-order valence-electron chi connectivity index (χ3n) is 4.88. The van der Waals surface area contributed by atoms with Gasteiger partial charge in [-0.2, -0.15) is 18.2 Å². The summed E-state index contributed by atoms with van der Waals surface area (Å²) in [7, 11) is -0.983. The second-order valence-electron chi connectivity index (χ2n) is 7.49. The number of benzene rings is 1. The molecule has 1 aliphatic carbocycles. The average Bonchev–Trinajstić information content (AvgIpc) is 3.38. The summed E-state index contributed by atoms with van der Waals surface area (Å²) in [5, 5.41) is 3.72. The van der Waals surface area contributed by atoms with Crippen molar-refractivity contribution in [2.24, 2.45) is 0 Å². The number of alkyl halides is 3. The zero-order valence-electron chi connectivity index (χ0n) is 16.1. The zero-order valence-corrected chi connectivity index (χ0v) is 17.0. The summed E-state index contributed by atoms with van der Waals surface area (Å²) < 4.78 is 57.8. The Morgan fingerprint density at radius 1 is 1.24 bits per heavy atom. The normalized spacial score (nSPS) is 15.0. The molecule has 2 N–H and O–H groups in total. The predicted molar refractivity (Wildman–Crippen MR) is 106 cm³/mol. The number of aromatic amines is 1. The molecule has 2 heterocycles. The molecule has 0 saturated heterocycles. The van der Waals surface area contributed by atoms with Crippen molar-refractivity contribution in [2.45, 2.75) is 24.9 Å². The minimum absolute atomic E-state index is 0.00622. The standard InChI is InChI=1S/C19H20F3N4O2P/c1-28-14-8-11(29(2,3)27)6-7-13(14)24-18-25-16(10-4-5-10)15-12(19(20,21)22)9-23-17(15)26-18/h6-10H,4-5H2,1-3H3,(H2,23,24,25,26). The fraction of sp³-hybridized carbons (Fsp3) is 0.368. The molecule has 3 aromatic rings. The number of anilines is 2. The van der Waals surface area contributed by atoms with Crippen LogP contribution in [0.3, 0.4) is 0 Å². The molecule has 1 fully saturated rings. The van der Waals surface area contributed by atoms with Crippen molar-refractivity contribution in [3.63, 3.8) is 0 Å². The highest BCUT2D eigenvalue weighted by Crippen LogP contribution is 2.46. The third kappa shape index (κ3) is 3.83. The van der Waals surface area contributed by atoms with Gasteiger partial charge in [0.15, 0.2) is 0 Å². The van der Waals surface area contributed by atoms with Gasteiger partial charge in [0.25, 0.3) is 0 Å². The molecule has 0 spiro atoms. The highest BCUT2D eigenvalue weighted by Gasteiger charge is 2.38. The first-order valence-electron chi connectivity index (χ1n) is 9.04. The van der Waals surface area contributed by atoms with Crippen LogP contribution in [0.5, 0.6) is 5.75 Å². The molecule has 29 heavy (non-hydrogen) atoms. The fourth-order valence-corrected chi connectivity index (χ4v) is 4.09. The van der Waals surface area contributed by atoms with E-state index in [1.54, 1.807) is 31.5 Å². The van der Waals surface area contributed by atoms with Crippen LogP contribution in [0.25, 0.3) is 11.0 Å². The molecule has 154 valence electrons. The van der Waals surface area contributed by atoms with Crippen LogP contribution in [0.4, 0.5) is 24.8 Å². The highest BCUT2D eigenvalue weighted by atomic mass is 31.2. The van der Waals surface area contributed by atoms with E-state index in [-0.39, 0.29) is 22.9 Å². The molecular formula is C19H20F3N4O2P. The number of H-pyrrole nitrogens is 1. The number of halogens is 3. The molecule has 10 heteroatoms. The van der Waals surface area contributed by atoms with Crippen molar-refractivity contribution < 1.29 is 22.5 Å². The summed E-state index contributed by atoms with van der Waals surface area (Å²) in [5.74, 6) is 0.621. The number of hydrogen-bond donors (Lipinski definition) is 2. The molecule has 1 saturated carbocycles. The second kappa shape index (κ2) is 6.76. The number of nitrogens with one attached hydrogen (secondary N) is 2. The number of rotatable bonds is 5. The van der Waals surface area contributed by atoms with E-state index in [1.165, 1.54) is 7.11 Å². The largest absolute Gasteiger partial charge is 0.495 e. The van der Waals surface area contributed by atoms with Crippen LogP contribution >= 0.6 is 7.14 Å². The van der Waals surface area contributed by atoms with Gasteiger partial charge >= 0.3 is 6.18 Å². The van der Waals surface area contributed by atoms with E-state index in [2.05, 4.69) is 20.3 Å². The lowest BCUT2D eigenvalue weighted by atomic mass is 10.1. The minimum Gasteiger partial charge on any atom is -0.495 e. The summed E-state index contributed by atoms with van der Waals surface area (Å²) in [6.45, 7) is 3.33.